The maximum atomic E-state index is 12.8. The Bertz CT molecular complexity index is 853. The van der Waals surface area contributed by atoms with Gasteiger partial charge in [0, 0.05) is 19.0 Å². The lowest BCUT2D eigenvalue weighted by atomic mass is 10.0. The van der Waals surface area contributed by atoms with Crippen molar-refractivity contribution in [1.82, 2.24) is 15.5 Å². The third-order valence-corrected chi connectivity index (χ3v) is 5.96. The monoisotopic (exact) mass is 384 g/mol. The van der Waals surface area contributed by atoms with Gasteiger partial charge in [-0.05, 0) is 49.4 Å². The van der Waals surface area contributed by atoms with Gasteiger partial charge in [0.15, 0.2) is 0 Å². The maximum Gasteiger partial charge on any atom is 0.262 e. The van der Waals surface area contributed by atoms with Gasteiger partial charge in [0.25, 0.3) is 11.8 Å². The topological polar surface area (TPSA) is 122 Å². The molecule has 1 saturated carbocycles. The Morgan fingerprint density at radius 3 is 2.57 bits per heavy atom. The van der Waals surface area contributed by atoms with E-state index in [1.165, 1.54) is 6.42 Å². The molecule has 1 aromatic rings. The van der Waals surface area contributed by atoms with Crippen LogP contribution in [0.4, 0.5) is 0 Å². The second-order valence-electron chi connectivity index (χ2n) is 7.81. The number of hydrogen-bond acceptors (Lipinski definition) is 6. The molecule has 8 heteroatoms. The molecule has 3 unspecified atom stereocenters. The minimum atomic E-state index is -0.935. The van der Waals surface area contributed by atoms with E-state index < -0.39 is 23.8 Å². The first-order valence-electron chi connectivity index (χ1n) is 9.76. The summed E-state index contributed by atoms with van der Waals surface area (Å²) in [6, 6.07) is 4.48. The summed E-state index contributed by atoms with van der Waals surface area (Å²) < 4.78 is 0. The summed E-state index contributed by atoms with van der Waals surface area (Å²) in [7, 11) is 0. The van der Waals surface area contributed by atoms with Crippen molar-refractivity contribution in [3.63, 3.8) is 0 Å². The van der Waals surface area contributed by atoms with Crippen LogP contribution in [0.3, 0.4) is 0 Å². The minimum Gasteiger partial charge on any atom is -0.327 e. The van der Waals surface area contributed by atoms with Crippen molar-refractivity contribution in [2.45, 2.75) is 50.7 Å². The smallest absolute Gasteiger partial charge is 0.262 e. The molecule has 2 heterocycles. The predicted molar refractivity (Wildman–Crippen MR) is 100 cm³/mol. The van der Waals surface area contributed by atoms with Gasteiger partial charge in [-0.25, -0.2) is 0 Å². The van der Waals surface area contributed by atoms with Crippen LogP contribution in [-0.2, 0) is 16.1 Å². The third-order valence-electron chi connectivity index (χ3n) is 5.96. The highest BCUT2D eigenvalue weighted by atomic mass is 16.2. The summed E-state index contributed by atoms with van der Waals surface area (Å²) in [5.74, 6) is -1.46. The first-order chi connectivity index (χ1) is 13.5. The molecule has 3 aliphatic rings. The number of carbonyl (C=O) groups is 4. The molecule has 4 rings (SSSR count). The van der Waals surface area contributed by atoms with E-state index in [9.17, 15) is 19.2 Å². The SMILES string of the molecule is NC1CCCC1CNCc1ccc2c(c1)C(=O)N(C1CCC(=O)NC1=O)C2=O. The van der Waals surface area contributed by atoms with Gasteiger partial charge < -0.3 is 11.1 Å². The Morgan fingerprint density at radius 1 is 1.07 bits per heavy atom. The van der Waals surface area contributed by atoms with E-state index in [4.69, 9.17) is 5.73 Å². The molecule has 0 aromatic heterocycles. The van der Waals surface area contributed by atoms with E-state index in [2.05, 4.69) is 10.6 Å². The molecule has 4 N–H and O–H groups in total. The highest BCUT2D eigenvalue weighted by molar-refractivity contribution is 6.23. The number of rotatable bonds is 5. The van der Waals surface area contributed by atoms with Gasteiger partial charge in [-0.1, -0.05) is 12.5 Å². The number of benzene rings is 1. The summed E-state index contributed by atoms with van der Waals surface area (Å²) in [5, 5.41) is 5.59. The molecule has 1 aliphatic carbocycles. The quantitative estimate of drug-likeness (QED) is 0.628. The van der Waals surface area contributed by atoms with Crippen LogP contribution in [0, 0.1) is 5.92 Å². The maximum absolute atomic E-state index is 12.8. The first-order valence-corrected chi connectivity index (χ1v) is 9.76. The van der Waals surface area contributed by atoms with Crippen LogP contribution in [0.15, 0.2) is 18.2 Å². The van der Waals surface area contributed by atoms with Crippen molar-refractivity contribution in [1.29, 1.82) is 0 Å². The molecule has 0 radical (unpaired) electrons. The Balaban J connectivity index is 1.45. The van der Waals surface area contributed by atoms with Crippen LogP contribution in [0.2, 0.25) is 0 Å². The van der Waals surface area contributed by atoms with Crippen LogP contribution < -0.4 is 16.4 Å². The molecule has 28 heavy (non-hydrogen) atoms. The van der Waals surface area contributed by atoms with Gasteiger partial charge in [-0.15, -0.1) is 0 Å². The number of piperidine rings is 1. The van der Waals surface area contributed by atoms with Gasteiger partial charge >= 0.3 is 0 Å². The summed E-state index contributed by atoms with van der Waals surface area (Å²) >= 11 is 0. The number of carbonyl (C=O) groups excluding carboxylic acids is 4. The molecule has 0 bridgehead atoms. The van der Waals surface area contributed by atoms with Crippen molar-refractivity contribution in [2.75, 3.05) is 6.54 Å². The highest BCUT2D eigenvalue weighted by Crippen LogP contribution is 2.28. The second kappa shape index (κ2) is 7.44. The molecule has 1 aromatic carbocycles. The fourth-order valence-corrected chi connectivity index (χ4v) is 4.35. The van der Waals surface area contributed by atoms with Crippen LogP contribution in [-0.4, -0.2) is 47.2 Å². The number of fused-ring (bicyclic) bond motifs is 1. The van der Waals surface area contributed by atoms with Crippen molar-refractivity contribution >= 4 is 23.6 Å². The standard InChI is InChI=1S/C20H24N4O4/c21-15-3-1-2-12(15)10-22-9-11-4-5-13-14(8-11)20(28)24(19(13)27)16-6-7-17(25)23-18(16)26/h4-5,8,12,15-16,22H,1-3,6-7,9-10,21H2,(H,23,25,26). The van der Waals surface area contributed by atoms with Gasteiger partial charge in [0.05, 0.1) is 11.1 Å². The van der Waals surface area contributed by atoms with E-state index in [-0.39, 0.29) is 24.8 Å². The fourth-order valence-electron chi connectivity index (χ4n) is 4.35. The van der Waals surface area contributed by atoms with Gasteiger partial charge in [0.1, 0.15) is 6.04 Å². The van der Waals surface area contributed by atoms with Crippen molar-refractivity contribution in [2.24, 2.45) is 11.7 Å². The minimum absolute atomic E-state index is 0.113. The predicted octanol–water partition coefficient (Wildman–Crippen LogP) is 0.305. The molecule has 2 fully saturated rings. The normalized spacial score (nSPS) is 27.3. The summed E-state index contributed by atoms with van der Waals surface area (Å²) in [4.78, 5) is 49.9. The van der Waals surface area contributed by atoms with E-state index in [0.717, 1.165) is 29.8 Å². The Morgan fingerprint density at radius 2 is 1.86 bits per heavy atom. The fraction of sp³-hybridized carbons (Fsp3) is 0.500. The number of amides is 4. The zero-order valence-corrected chi connectivity index (χ0v) is 15.6. The van der Waals surface area contributed by atoms with E-state index >= 15 is 0 Å². The van der Waals surface area contributed by atoms with Crippen molar-refractivity contribution < 1.29 is 19.2 Å². The lowest BCUT2D eigenvalue weighted by molar-refractivity contribution is -0.136. The van der Waals surface area contributed by atoms with Gasteiger partial charge in [0.2, 0.25) is 11.8 Å². The number of nitrogens with two attached hydrogens (primary N) is 1. The largest absolute Gasteiger partial charge is 0.327 e. The van der Waals surface area contributed by atoms with Gasteiger partial charge in [-0.2, -0.15) is 0 Å². The number of imide groups is 2. The molecule has 2 aliphatic heterocycles. The molecule has 8 nitrogen and oxygen atoms in total. The highest BCUT2D eigenvalue weighted by Gasteiger charge is 2.44. The average Bonchev–Trinajstić information content (AvgIpc) is 3.17. The van der Waals surface area contributed by atoms with E-state index in [0.29, 0.717) is 23.6 Å². The zero-order valence-electron chi connectivity index (χ0n) is 15.6. The lowest BCUT2D eigenvalue weighted by Gasteiger charge is -2.27. The molecule has 148 valence electrons. The summed E-state index contributed by atoms with van der Waals surface area (Å²) in [6.07, 6.45) is 3.64. The van der Waals surface area contributed by atoms with Gasteiger partial charge in [-0.3, -0.25) is 29.4 Å². The summed E-state index contributed by atoms with van der Waals surface area (Å²) in [5.41, 5.74) is 7.60. The Kier molecular flexibility index (Phi) is 4.99. The second-order valence-corrected chi connectivity index (χ2v) is 7.81. The zero-order chi connectivity index (χ0) is 19.8. The molecular weight excluding hydrogens is 360 g/mol. The average molecular weight is 384 g/mol. The molecule has 3 atom stereocenters. The molecule has 0 spiro atoms. The van der Waals surface area contributed by atoms with E-state index in [1.54, 1.807) is 12.1 Å². The molecule has 4 amide bonds. The first kappa shape index (κ1) is 18.8. The number of nitrogens with one attached hydrogen (secondary N) is 2. The Hall–Kier alpha value is -2.58. The molecule has 1 saturated heterocycles. The van der Waals surface area contributed by atoms with Crippen molar-refractivity contribution in [3.05, 3.63) is 34.9 Å². The number of nitrogens with zero attached hydrogens (tertiary/aromatic N) is 1. The van der Waals surface area contributed by atoms with E-state index in [1.807, 2.05) is 6.07 Å². The lowest BCUT2D eigenvalue weighted by Crippen LogP contribution is -2.54. The number of hydrogen-bond donors (Lipinski definition) is 3. The third kappa shape index (κ3) is 3.33. The van der Waals surface area contributed by atoms with Crippen LogP contribution in [0.5, 0.6) is 0 Å². The van der Waals surface area contributed by atoms with Crippen LogP contribution in [0.25, 0.3) is 0 Å². The van der Waals surface area contributed by atoms with Crippen LogP contribution in [0.1, 0.15) is 58.4 Å². The van der Waals surface area contributed by atoms with Crippen LogP contribution >= 0.6 is 0 Å². The Labute approximate surface area is 162 Å². The summed E-state index contributed by atoms with van der Waals surface area (Å²) in [6.45, 7) is 1.41. The van der Waals surface area contributed by atoms with Crippen molar-refractivity contribution in [3.8, 4) is 0 Å². The molecular formula is C20H24N4O4.